The summed E-state index contributed by atoms with van der Waals surface area (Å²) in [4.78, 5) is 11.8. The Morgan fingerprint density at radius 1 is 1.28 bits per heavy atom. The van der Waals surface area contributed by atoms with Crippen LogP contribution in [0.1, 0.15) is 5.56 Å². The molecule has 0 unspecified atom stereocenters. The SMILES string of the molecule is Cn1c(=O)n(CCN)c2ccc(C(F)(F)F)cc21. The molecule has 0 radical (unpaired) electrons. The molecule has 0 saturated carbocycles. The molecule has 1 aromatic heterocycles. The lowest BCUT2D eigenvalue weighted by atomic mass is 10.2. The molecule has 7 heteroatoms. The topological polar surface area (TPSA) is 53.0 Å². The molecule has 0 saturated heterocycles. The average Bonchev–Trinajstić information content (AvgIpc) is 2.54. The van der Waals surface area contributed by atoms with Gasteiger partial charge in [0.15, 0.2) is 0 Å². The second-order valence-corrected chi connectivity index (χ2v) is 3.98. The van der Waals surface area contributed by atoms with Crippen LogP contribution in [0, 0.1) is 0 Å². The van der Waals surface area contributed by atoms with E-state index in [1.54, 1.807) is 0 Å². The Kier molecular flexibility index (Phi) is 2.94. The minimum Gasteiger partial charge on any atom is -0.329 e. The van der Waals surface area contributed by atoms with E-state index in [4.69, 9.17) is 5.73 Å². The van der Waals surface area contributed by atoms with Crippen LogP contribution in [0.25, 0.3) is 11.0 Å². The van der Waals surface area contributed by atoms with Gasteiger partial charge in [0.1, 0.15) is 0 Å². The van der Waals surface area contributed by atoms with Crippen LogP contribution in [-0.4, -0.2) is 15.7 Å². The molecule has 2 aromatic rings. The molecule has 4 nitrogen and oxygen atoms in total. The Morgan fingerprint density at radius 3 is 2.50 bits per heavy atom. The van der Waals surface area contributed by atoms with Crippen LogP contribution in [0.15, 0.2) is 23.0 Å². The number of aromatic nitrogens is 2. The fourth-order valence-electron chi connectivity index (χ4n) is 1.93. The molecule has 2 rings (SSSR count). The average molecular weight is 259 g/mol. The van der Waals surface area contributed by atoms with Crippen LogP contribution in [0.3, 0.4) is 0 Å². The van der Waals surface area contributed by atoms with Gasteiger partial charge in [0.2, 0.25) is 0 Å². The van der Waals surface area contributed by atoms with E-state index in [0.717, 1.165) is 12.1 Å². The van der Waals surface area contributed by atoms with Crippen molar-refractivity contribution in [3.05, 3.63) is 34.2 Å². The van der Waals surface area contributed by atoms with Gasteiger partial charge < -0.3 is 5.73 Å². The Morgan fingerprint density at radius 2 is 1.94 bits per heavy atom. The van der Waals surface area contributed by atoms with Crippen molar-refractivity contribution in [2.45, 2.75) is 12.7 Å². The summed E-state index contributed by atoms with van der Waals surface area (Å²) in [6.07, 6.45) is -4.42. The number of alkyl halides is 3. The molecular formula is C11H12F3N3O. The zero-order valence-electron chi connectivity index (χ0n) is 9.66. The van der Waals surface area contributed by atoms with E-state index < -0.39 is 11.7 Å². The van der Waals surface area contributed by atoms with Gasteiger partial charge in [-0.1, -0.05) is 0 Å². The predicted octanol–water partition coefficient (Wildman–Crippen LogP) is 1.32. The summed E-state index contributed by atoms with van der Waals surface area (Å²) in [7, 11) is 1.44. The van der Waals surface area contributed by atoms with Gasteiger partial charge in [-0.3, -0.25) is 9.13 Å². The maximum absolute atomic E-state index is 12.6. The van der Waals surface area contributed by atoms with Crippen molar-refractivity contribution >= 4 is 11.0 Å². The zero-order chi connectivity index (χ0) is 13.5. The van der Waals surface area contributed by atoms with Crippen molar-refractivity contribution in [2.24, 2.45) is 12.8 Å². The van der Waals surface area contributed by atoms with Gasteiger partial charge in [-0.2, -0.15) is 13.2 Å². The standard InChI is InChI=1S/C11H12F3N3O/c1-16-9-6-7(11(12,13)14)2-3-8(9)17(5-4-15)10(16)18/h2-3,6H,4-5,15H2,1H3. The number of imidazole rings is 1. The molecule has 0 fully saturated rings. The number of nitrogens with zero attached hydrogens (tertiary/aromatic N) is 2. The van der Waals surface area contributed by atoms with Crippen molar-refractivity contribution in [1.29, 1.82) is 0 Å². The molecule has 0 atom stereocenters. The van der Waals surface area contributed by atoms with E-state index in [9.17, 15) is 18.0 Å². The van der Waals surface area contributed by atoms with Crippen molar-refractivity contribution in [3.8, 4) is 0 Å². The monoisotopic (exact) mass is 259 g/mol. The van der Waals surface area contributed by atoms with Gasteiger partial charge in [0.25, 0.3) is 0 Å². The first-order valence-corrected chi connectivity index (χ1v) is 5.33. The highest BCUT2D eigenvalue weighted by Crippen LogP contribution is 2.31. The molecule has 2 N–H and O–H groups in total. The Hall–Kier alpha value is -1.76. The number of nitrogens with two attached hydrogens (primary N) is 1. The summed E-state index contributed by atoms with van der Waals surface area (Å²) in [6, 6.07) is 3.24. The molecule has 18 heavy (non-hydrogen) atoms. The summed E-state index contributed by atoms with van der Waals surface area (Å²) >= 11 is 0. The fourth-order valence-corrected chi connectivity index (χ4v) is 1.93. The minimum atomic E-state index is -4.42. The number of fused-ring (bicyclic) bond motifs is 1. The lowest BCUT2D eigenvalue weighted by molar-refractivity contribution is -0.137. The van der Waals surface area contributed by atoms with Crippen LogP contribution < -0.4 is 11.4 Å². The van der Waals surface area contributed by atoms with E-state index >= 15 is 0 Å². The van der Waals surface area contributed by atoms with Gasteiger partial charge in [0.05, 0.1) is 16.6 Å². The minimum absolute atomic E-state index is 0.250. The van der Waals surface area contributed by atoms with Crippen molar-refractivity contribution in [3.63, 3.8) is 0 Å². The maximum atomic E-state index is 12.6. The van der Waals surface area contributed by atoms with Crippen LogP contribution in [-0.2, 0) is 19.8 Å². The summed E-state index contributed by atoms with van der Waals surface area (Å²) in [5.41, 5.74) is 4.96. The molecule has 0 amide bonds. The normalized spacial score (nSPS) is 12.3. The van der Waals surface area contributed by atoms with Gasteiger partial charge in [-0.25, -0.2) is 4.79 Å². The van der Waals surface area contributed by atoms with Crippen molar-refractivity contribution in [1.82, 2.24) is 9.13 Å². The third kappa shape index (κ3) is 1.90. The third-order valence-corrected chi connectivity index (χ3v) is 2.83. The highest BCUT2D eigenvalue weighted by Gasteiger charge is 2.31. The smallest absolute Gasteiger partial charge is 0.329 e. The second-order valence-electron chi connectivity index (χ2n) is 3.98. The zero-order valence-corrected chi connectivity index (χ0v) is 9.66. The van der Waals surface area contributed by atoms with E-state index in [0.29, 0.717) is 5.52 Å². The van der Waals surface area contributed by atoms with E-state index in [1.165, 1.54) is 22.2 Å². The van der Waals surface area contributed by atoms with Crippen LogP contribution in [0.5, 0.6) is 0 Å². The maximum Gasteiger partial charge on any atom is 0.416 e. The van der Waals surface area contributed by atoms with E-state index in [2.05, 4.69) is 0 Å². The van der Waals surface area contributed by atoms with E-state index in [1.807, 2.05) is 0 Å². The molecule has 0 aliphatic rings. The first-order valence-electron chi connectivity index (χ1n) is 5.33. The summed E-state index contributed by atoms with van der Waals surface area (Å²) < 4.78 is 40.3. The summed E-state index contributed by atoms with van der Waals surface area (Å²) in [6.45, 7) is 0.529. The fraction of sp³-hybridized carbons (Fsp3) is 0.364. The number of rotatable bonds is 2. The Balaban J connectivity index is 2.73. The highest BCUT2D eigenvalue weighted by molar-refractivity contribution is 5.77. The first-order chi connectivity index (χ1) is 8.36. The molecule has 98 valence electrons. The number of hydrogen-bond acceptors (Lipinski definition) is 2. The van der Waals surface area contributed by atoms with Crippen LogP contribution in [0.2, 0.25) is 0 Å². The molecular weight excluding hydrogens is 247 g/mol. The summed E-state index contributed by atoms with van der Waals surface area (Å²) in [5.74, 6) is 0. The number of hydrogen-bond donors (Lipinski definition) is 1. The van der Waals surface area contributed by atoms with Gasteiger partial charge in [-0.15, -0.1) is 0 Å². The lowest BCUT2D eigenvalue weighted by Gasteiger charge is -2.07. The number of halogens is 3. The van der Waals surface area contributed by atoms with Crippen LogP contribution >= 0.6 is 0 Å². The summed E-state index contributed by atoms with van der Waals surface area (Å²) in [5, 5.41) is 0. The second kappa shape index (κ2) is 4.16. The molecule has 0 aliphatic heterocycles. The third-order valence-electron chi connectivity index (χ3n) is 2.83. The van der Waals surface area contributed by atoms with Gasteiger partial charge in [0, 0.05) is 20.1 Å². The molecule has 0 aliphatic carbocycles. The lowest BCUT2D eigenvalue weighted by Crippen LogP contribution is -2.25. The largest absolute Gasteiger partial charge is 0.416 e. The Labute approximate surface area is 100 Å². The quantitative estimate of drug-likeness (QED) is 0.884. The molecule has 0 bridgehead atoms. The van der Waals surface area contributed by atoms with Crippen molar-refractivity contribution < 1.29 is 13.2 Å². The first kappa shape index (κ1) is 12.7. The van der Waals surface area contributed by atoms with Crippen LogP contribution in [0.4, 0.5) is 13.2 Å². The predicted molar refractivity (Wildman–Crippen MR) is 61.2 cm³/mol. The molecule has 1 aromatic carbocycles. The van der Waals surface area contributed by atoms with Crippen molar-refractivity contribution in [2.75, 3.05) is 6.54 Å². The number of aryl methyl sites for hydroxylation is 1. The Bertz CT molecular complexity index is 639. The van der Waals surface area contributed by atoms with Gasteiger partial charge >= 0.3 is 11.9 Å². The molecule has 1 heterocycles. The number of benzene rings is 1. The van der Waals surface area contributed by atoms with Gasteiger partial charge in [-0.05, 0) is 18.2 Å². The highest BCUT2D eigenvalue weighted by atomic mass is 19.4. The van der Waals surface area contributed by atoms with E-state index in [-0.39, 0.29) is 24.3 Å². The molecule has 0 spiro atoms.